The molecule has 0 aliphatic heterocycles. The molecular weight excluding hydrogens is 334 g/mol. The molecule has 0 aliphatic rings. The smallest absolute Gasteiger partial charge is 0.0957 e. The highest BCUT2D eigenvalue weighted by molar-refractivity contribution is 9.10. The number of aliphatic hydroxyl groups excluding tert-OH is 1. The molecule has 0 amide bonds. The maximum Gasteiger partial charge on any atom is 0.0957 e. The summed E-state index contributed by atoms with van der Waals surface area (Å²) in [5.74, 6) is 0. The Balaban J connectivity index is 2.18. The summed E-state index contributed by atoms with van der Waals surface area (Å²) in [5.41, 5.74) is 3.21. The molecule has 1 atom stereocenters. The van der Waals surface area contributed by atoms with Gasteiger partial charge in [-0.3, -0.25) is 0 Å². The second kappa shape index (κ2) is 5.96. The van der Waals surface area contributed by atoms with E-state index < -0.39 is 6.10 Å². The Morgan fingerprint density at radius 1 is 1.35 bits per heavy atom. The molecule has 0 bridgehead atoms. The molecule has 0 radical (unpaired) electrons. The summed E-state index contributed by atoms with van der Waals surface area (Å²) in [4.78, 5) is 4.64. The third kappa shape index (κ3) is 3.48. The van der Waals surface area contributed by atoms with Crippen molar-refractivity contribution >= 4 is 27.3 Å². The van der Waals surface area contributed by atoms with E-state index in [2.05, 4.69) is 47.1 Å². The van der Waals surface area contributed by atoms with E-state index in [1.807, 2.05) is 25.1 Å². The maximum absolute atomic E-state index is 10.4. The number of hydrogen-bond donors (Lipinski definition) is 1. The molecular formula is C16H20BrNOS. The van der Waals surface area contributed by atoms with Crippen LogP contribution in [0.3, 0.4) is 0 Å². The molecule has 1 aromatic carbocycles. The van der Waals surface area contributed by atoms with Gasteiger partial charge in [0.05, 0.1) is 16.8 Å². The maximum atomic E-state index is 10.4. The van der Waals surface area contributed by atoms with Gasteiger partial charge in [-0.25, -0.2) is 4.98 Å². The number of hydrogen-bond acceptors (Lipinski definition) is 3. The minimum absolute atomic E-state index is 0.0591. The fourth-order valence-corrected chi connectivity index (χ4v) is 3.54. The van der Waals surface area contributed by atoms with Crippen molar-refractivity contribution in [3.05, 3.63) is 49.9 Å². The van der Waals surface area contributed by atoms with E-state index in [1.165, 1.54) is 0 Å². The number of aliphatic hydroxyl groups is 1. The number of rotatable bonds is 3. The number of halogens is 1. The standard InChI is InChI=1S/C16H20BrNOS/c1-10-6-5-7-11(15(10)17)12(19)8-14-18-13(9-20-14)16(2,3)4/h5-7,9,12,19H,8H2,1-4H3. The topological polar surface area (TPSA) is 33.1 Å². The van der Waals surface area contributed by atoms with Gasteiger partial charge in [-0.05, 0) is 18.1 Å². The number of nitrogens with zero attached hydrogens (tertiary/aromatic N) is 1. The highest BCUT2D eigenvalue weighted by atomic mass is 79.9. The summed E-state index contributed by atoms with van der Waals surface area (Å²) in [6.45, 7) is 8.49. The first kappa shape index (κ1) is 15.7. The van der Waals surface area contributed by atoms with E-state index in [0.717, 1.165) is 26.3 Å². The lowest BCUT2D eigenvalue weighted by Crippen LogP contribution is -2.12. The van der Waals surface area contributed by atoms with Gasteiger partial charge in [-0.15, -0.1) is 11.3 Å². The SMILES string of the molecule is Cc1cccc(C(O)Cc2nc(C(C)(C)C)cs2)c1Br. The Hall–Kier alpha value is -0.710. The number of aromatic nitrogens is 1. The Labute approximate surface area is 133 Å². The zero-order chi connectivity index (χ0) is 14.9. The van der Waals surface area contributed by atoms with Gasteiger partial charge in [0.2, 0.25) is 0 Å². The molecule has 4 heteroatoms. The van der Waals surface area contributed by atoms with Gasteiger partial charge in [0, 0.05) is 21.7 Å². The zero-order valence-corrected chi connectivity index (χ0v) is 14.7. The van der Waals surface area contributed by atoms with Crippen LogP contribution in [0.2, 0.25) is 0 Å². The molecule has 1 N–H and O–H groups in total. The molecule has 0 spiro atoms. The van der Waals surface area contributed by atoms with Gasteiger partial charge in [0.25, 0.3) is 0 Å². The molecule has 0 saturated heterocycles. The van der Waals surface area contributed by atoms with E-state index >= 15 is 0 Å². The lowest BCUT2D eigenvalue weighted by Gasteiger charge is -2.15. The van der Waals surface area contributed by atoms with Gasteiger partial charge >= 0.3 is 0 Å². The van der Waals surface area contributed by atoms with Crippen LogP contribution in [0.5, 0.6) is 0 Å². The molecule has 20 heavy (non-hydrogen) atoms. The van der Waals surface area contributed by atoms with Crippen LogP contribution in [0.1, 0.15) is 48.7 Å². The molecule has 0 saturated carbocycles. The van der Waals surface area contributed by atoms with Crippen LogP contribution < -0.4 is 0 Å². The van der Waals surface area contributed by atoms with Crippen molar-refractivity contribution in [2.45, 2.75) is 45.6 Å². The summed E-state index contributed by atoms with van der Waals surface area (Å²) in [6.07, 6.45) is 0.0336. The molecule has 1 heterocycles. The molecule has 0 aliphatic carbocycles. The third-order valence-corrected chi connectivity index (χ3v) is 5.22. The van der Waals surface area contributed by atoms with E-state index in [4.69, 9.17) is 0 Å². The number of thiazole rings is 1. The average molecular weight is 354 g/mol. The first-order valence-corrected chi connectivity index (χ1v) is 8.34. The monoisotopic (exact) mass is 353 g/mol. The van der Waals surface area contributed by atoms with Crippen molar-refractivity contribution in [2.24, 2.45) is 0 Å². The fourth-order valence-electron chi connectivity index (χ4n) is 1.95. The first-order chi connectivity index (χ1) is 9.29. The molecule has 1 aromatic heterocycles. The Kier molecular flexibility index (Phi) is 4.67. The summed E-state index contributed by atoms with van der Waals surface area (Å²) in [5, 5.41) is 13.5. The Bertz CT molecular complexity index is 601. The van der Waals surface area contributed by atoms with E-state index in [9.17, 15) is 5.11 Å². The van der Waals surface area contributed by atoms with Crippen LogP contribution in [0.25, 0.3) is 0 Å². The molecule has 2 aromatic rings. The third-order valence-electron chi connectivity index (χ3n) is 3.27. The Morgan fingerprint density at radius 2 is 2.05 bits per heavy atom. The average Bonchev–Trinajstić information content (AvgIpc) is 2.81. The van der Waals surface area contributed by atoms with Crippen molar-refractivity contribution in [3.63, 3.8) is 0 Å². The molecule has 2 rings (SSSR count). The lowest BCUT2D eigenvalue weighted by molar-refractivity contribution is 0.177. The van der Waals surface area contributed by atoms with Crippen LogP contribution in [0.4, 0.5) is 0 Å². The zero-order valence-electron chi connectivity index (χ0n) is 12.3. The largest absolute Gasteiger partial charge is 0.388 e. The summed E-state index contributed by atoms with van der Waals surface area (Å²) in [6, 6.07) is 5.96. The normalized spacial score (nSPS) is 13.5. The van der Waals surface area contributed by atoms with Crippen molar-refractivity contribution in [2.75, 3.05) is 0 Å². The first-order valence-electron chi connectivity index (χ1n) is 6.67. The van der Waals surface area contributed by atoms with Crippen molar-refractivity contribution in [1.82, 2.24) is 4.98 Å². The van der Waals surface area contributed by atoms with Gasteiger partial charge in [-0.2, -0.15) is 0 Å². The van der Waals surface area contributed by atoms with Gasteiger partial charge in [0.1, 0.15) is 0 Å². The quantitative estimate of drug-likeness (QED) is 0.860. The number of aryl methyl sites for hydroxylation is 1. The van der Waals surface area contributed by atoms with Gasteiger partial charge in [-0.1, -0.05) is 54.9 Å². The highest BCUT2D eigenvalue weighted by Gasteiger charge is 2.19. The van der Waals surface area contributed by atoms with E-state index in [1.54, 1.807) is 11.3 Å². The number of benzene rings is 1. The highest BCUT2D eigenvalue weighted by Crippen LogP contribution is 2.30. The Morgan fingerprint density at radius 3 is 2.65 bits per heavy atom. The van der Waals surface area contributed by atoms with Gasteiger partial charge < -0.3 is 5.11 Å². The van der Waals surface area contributed by atoms with Crippen LogP contribution in [-0.4, -0.2) is 10.1 Å². The van der Waals surface area contributed by atoms with Crippen molar-refractivity contribution in [3.8, 4) is 0 Å². The molecule has 0 fully saturated rings. The van der Waals surface area contributed by atoms with E-state index in [0.29, 0.717) is 6.42 Å². The predicted octanol–water partition coefficient (Wildman–Crippen LogP) is 4.79. The van der Waals surface area contributed by atoms with Crippen LogP contribution in [0.15, 0.2) is 28.1 Å². The summed E-state index contributed by atoms with van der Waals surface area (Å²) in [7, 11) is 0. The predicted molar refractivity (Wildman–Crippen MR) is 88.4 cm³/mol. The fraction of sp³-hybridized carbons (Fsp3) is 0.438. The van der Waals surface area contributed by atoms with Crippen molar-refractivity contribution < 1.29 is 5.11 Å². The van der Waals surface area contributed by atoms with Crippen LogP contribution >= 0.6 is 27.3 Å². The van der Waals surface area contributed by atoms with E-state index in [-0.39, 0.29) is 5.41 Å². The van der Waals surface area contributed by atoms with Gasteiger partial charge in [0.15, 0.2) is 0 Å². The van der Waals surface area contributed by atoms with Crippen molar-refractivity contribution in [1.29, 1.82) is 0 Å². The summed E-state index contributed by atoms with van der Waals surface area (Å²) < 4.78 is 0.986. The van der Waals surface area contributed by atoms with Crippen LogP contribution in [0, 0.1) is 6.92 Å². The molecule has 2 nitrogen and oxygen atoms in total. The molecule has 108 valence electrons. The molecule has 1 unspecified atom stereocenters. The summed E-state index contributed by atoms with van der Waals surface area (Å²) >= 11 is 5.18. The minimum Gasteiger partial charge on any atom is -0.388 e. The second-order valence-corrected chi connectivity index (χ2v) is 7.81. The second-order valence-electron chi connectivity index (χ2n) is 6.07. The lowest BCUT2D eigenvalue weighted by atomic mass is 9.93. The minimum atomic E-state index is -0.525. The van der Waals surface area contributed by atoms with Crippen LogP contribution in [-0.2, 0) is 11.8 Å².